The number of hydrogen-bond donors (Lipinski definition) is 1. The molecule has 0 bridgehead atoms. The molecule has 0 fully saturated rings. The van der Waals surface area contributed by atoms with Gasteiger partial charge in [-0.15, -0.1) is 0 Å². The Hall–Kier alpha value is -1.72. The van der Waals surface area contributed by atoms with Crippen molar-refractivity contribution in [2.24, 2.45) is 7.05 Å². The van der Waals surface area contributed by atoms with E-state index >= 15 is 0 Å². The van der Waals surface area contributed by atoms with Gasteiger partial charge in [-0.25, -0.2) is 0 Å². The highest BCUT2D eigenvalue weighted by Gasteiger charge is 2.18. The molecule has 0 saturated carbocycles. The van der Waals surface area contributed by atoms with Crippen LogP contribution in [0.5, 0.6) is 11.5 Å². The quantitative estimate of drug-likeness (QED) is 0.934. The van der Waals surface area contributed by atoms with Crippen LogP contribution in [0.1, 0.15) is 17.2 Å². The summed E-state index contributed by atoms with van der Waals surface area (Å²) in [6.45, 7) is 0. The van der Waals surface area contributed by atoms with Gasteiger partial charge in [-0.3, -0.25) is 4.68 Å². The maximum absolute atomic E-state index is 10.3. The molecule has 1 unspecified atom stereocenters. The minimum Gasteiger partial charge on any atom is -0.493 e. The molecule has 1 N–H and O–H groups in total. The number of aromatic nitrogens is 2. The van der Waals surface area contributed by atoms with Gasteiger partial charge in [-0.2, -0.15) is 5.10 Å². The zero-order valence-corrected chi connectivity index (χ0v) is 11.7. The molecule has 0 radical (unpaired) electrons. The van der Waals surface area contributed by atoms with Crippen LogP contribution in [-0.4, -0.2) is 29.1 Å². The Kier molecular flexibility index (Phi) is 3.97. The van der Waals surface area contributed by atoms with Crippen LogP contribution in [0.25, 0.3) is 0 Å². The normalized spacial score (nSPS) is 12.3. The molecule has 0 saturated heterocycles. The Morgan fingerprint density at radius 1 is 1.26 bits per heavy atom. The summed E-state index contributed by atoms with van der Waals surface area (Å²) >= 11 is 6.11. The summed E-state index contributed by atoms with van der Waals surface area (Å²) < 4.78 is 12.0. The van der Waals surface area contributed by atoms with E-state index in [1.165, 1.54) is 14.2 Å². The molecule has 2 aromatic rings. The molecule has 1 heterocycles. The maximum Gasteiger partial charge on any atom is 0.179 e. The molecule has 0 spiro atoms. The van der Waals surface area contributed by atoms with Gasteiger partial charge in [0.1, 0.15) is 6.10 Å². The zero-order valence-electron chi connectivity index (χ0n) is 10.9. The summed E-state index contributed by atoms with van der Waals surface area (Å²) in [5, 5.41) is 14.7. The molecule has 2 rings (SSSR count). The molecule has 0 amide bonds. The van der Waals surface area contributed by atoms with Crippen LogP contribution >= 0.6 is 11.6 Å². The van der Waals surface area contributed by atoms with Crippen LogP contribution < -0.4 is 9.47 Å². The van der Waals surface area contributed by atoms with Gasteiger partial charge in [0, 0.05) is 18.8 Å². The van der Waals surface area contributed by atoms with Crippen molar-refractivity contribution in [1.82, 2.24) is 9.78 Å². The van der Waals surface area contributed by atoms with Gasteiger partial charge in [0.2, 0.25) is 0 Å². The lowest BCUT2D eigenvalue weighted by molar-refractivity contribution is 0.219. The average Bonchev–Trinajstić information content (AvgIpc) is 2.83. The van der Waals surface area contributed by atoms with Crippen molar-refractivity contribution >= 4 is 11.6 Å². The molecule has 1 aromatic heterocycles. The van der Waals surface area contributed by atoms with Crippen molar-refractivity contribution in [3.8, 4) is 11.5 Å². The second-order valence-corrected chi connectivity index (χ2v) is 4.50. The van der Waals surface area contributed by atoms with E-state index in [0.29, 0.717) is 27.6 Å². The number of methoxy groups -OCH3 is 2. The molecule has 0 aliphatic carbocycles. The molecule has 1 atom stereocenters. The Bertz CT molecular complexity index is 583. The van der Waals surface area contributed by atoms with Crippen molar-refractivity contribution in [2.75, 3.05) is 14.2 Å². The first-order chi connectivity index (χ1) is 9.06. The Balaban J connectivity index is 2.42. The first kappa shape index (κ1) is 13.7. The van der Waals surface area contributed by atoms with Crippen molar-refractivity contribution in [3.05, 3.63) is 40.7 Å². The van der Waals surface area contributed by atoms with E-state index in [-0.39, 0.29) is 0 Å². The van der Waals surface area contributed by atoms with Gasteiger partial charge in [0.15, 0.2) is 11.5 Å². The third-order valence-corrected chi connectivity index (χ3v) is 3.09. The highest BCUT2D eigenvalue weighted by atomic mass is 35.5. The topological polar surface area (TPSA) is 56.5 Å². The maximum atomic E-state index is 10.3. The SMILES string of the molecule is COc1cc(C(O)c2cnn(C)c2)cc(Cl)c1OC. The van der Waals surface area contributed by atoms with E-state index in [1.54, 1.807) is 36.3 Å². The van der Waals surface area contributed by atoms with Crippen LogP contribution in [0.4, 0.5) is 0 Å². The van der Waals surface area contributed by atoms with Gasteiger partial charge in [0.05, 0.1) is 25.4 Å². The first-order valence-electron chi connectivity index (χ1n) is 5.64. The predicted octanol–water partition coefficient (Wildman–Crippen LogP) is 2.17. The van der Waals surface area contributed by atoms with Gasteiger partial charge in [-0.1, -0.05) is 11.6 Å². The molecule has 5 nitrogen and oxygen atoms in total. The summed E-state index contributed by atoms with van der Waals surface area (Å²) in [5.41, 5.74) is 1.31. The Labute approximate surface area is 116 Å². The van der Waals surface area contributed by atoms with Gasteiger partial charge in [0.25, 0.3) is 0 Å². The fourth-order valence-corrected chi connectivity index (χ4v) is 2.17. The van der Waals surface area contributed by atoms with Crippen LogP contribution in [0.15, 0.2) is 24.5 Å². The zero-order chi connectivity index (χ0) is 14.0. The fourth-order valence-electron chi connectivity index (χ4n) is 1.87. The lowest BCUT2D eigenvalue weighted by Crippen LogP contribution is -2.01. The predicted molar refractivity (Wildman–Crippen MR) is 71.8 cm³/mol. The van der Waals surface area contributed by atoms with Crippen LogP contribution in [0, 0.1) is 0 Å². The molecule has 0 aliphatic heterocycles. The molecule has 1 aromatic carbocycles. The monoisotopic (exact) mass is 282 g/mol. The number of aryl methyl sites for hydroxylation is 1. The van der Waals surface area contributed by atoms with E-state index in [9.17, 15) is 5.11 Å². The van der Waals surface area contributed by atoms with E-state index < -0.39 is 6.10 Å². The van der Waals surface area contributed by atoms with E-state index in [4.69, 9.17) is 21.1 Å². The summed E-state index contributed by atoms with van der Waals surface area (Å²) in [5.74, 6) is 0.930. The lowest BCUT2D eigenvalue weighted by Gasteiger charge is -2.14. The van der Waals surface area contributed by atoms with Crippen molar-refractivity contribution in [1.29, 1.82) is 0 Å². The number of aliphatic hydroxyl groups excluding tert-OH is 1. The van der Waals surface area contributed by atoms with Gasteiger partial charge < -0.3 is 14.6 Å². The van der Waals surface area contributed by atoms with Crippen LogP contribution in [0.3, 0.4) is 0 Å². The third-order valence-electron chi connectivity index (χ3n) is 2.81. The number of benzene rings is 1. The molecular formula is C13H15ClN2O3. The summed E-state index contributed by atoms with van der Waals surface area (Å²) in [7, 11) is 4.83. The van der Waals surface area contributed by atoms with Crippen LogP contribution in [0.2, 0.25) is 5.02 Å². The fraction of sp³-hybridized carbons (Fsp3) is 0.308. The van der Waals surface area contributed by atoms with Crippen molar-refractivity contribution < 1.29 is 14.6 Å². The number of hydrogen-bond acceptors (Lipinski definition) is 4. The highest BCUT2D eigenvalue weighted by molar-refractivity contribution is 6.32. The number of nitrogens with zero attached hydrogens (tertiary/aromatic N) is 2. The van der Waals surface area contributed by atoms with Gasteiger partial charge >= 0.3 is 0 Å². The summed E-state index contributed by atoms with van der Waals surface area (Å²) in [6, 6.07) is 3.35. The summed E-state index contributed by atoms with van der Waals surface area (Å²) in [4.78, 5) is 0. The largest absolute Gasteiger partial charge is 0.493 e. The average molecular weight is 283 g/mol. The minimum atomic E-state index is -0.814. The molecule has 102 valence electrons. The Morgan fingerprint density at radius 2 is 2.00 bits per heavy atom. The van der Waals surface area contributed by atoms with E-state index in [1.807, 2.05) is 0 Å². The van der Waals surface area contributed by atoms with E-state index in [2.05, 4.69) is 5.10 Å². The number of rotatable bonds is 4. The molecule has 6 heteroatoms. The molecular weight excluding hydrogens is 268 g/mol. The second-order valence-electron chi connectivity index (χ2n) is 4.09. The molecule has 19 heavy (non-hydrogen) atoms. The van der Waals surface area contributed by atoms with E-state index in [0.717, 1.165) is 0 Å². The standard InChI is InChI=1S/C13H15ClN2O3/c1-16-7-9(6-15-16)12(17)8-4-10(14)13(19-3)11(5-8)18-2/h4-7,12,17H,1-3H3. The lowest BCUT2D eigenvalue weighted by atomic mass is 10.0. The first-order valence-corrected chi connectivity index (χ1v) is 6.02. The highest BCUT2D eigenvalue weighted by Crippen LogP contribution is 2.38. The smallest absolute Gasteiger partial charge is 0.179 e. The third kappa shape index (κ3) is 2.67. The van der Waals surface area contributed by atoms with Crippen molar-refractivity contribution in [2.45, 2.75) is 6.10 Å². The van der Waals surface area contributed by atoms with Gasteiger partial charge in [-0.05, 0) is 17.7 Å². The second kappa shape index (κ2) is 5.50. The summed E-state index contributed by atoms with van der Waals surface area (Å²) in [6.07, 6.45) is 2.54. The molecule has 0 aliphatic rings. The Morgan fingerprint density at radius 3 is 2.53 bits per heavy atom. The number of halogens is 1. The van der Waals surface area contributed by atoms with Crippen molar-refractivity contribution in [3.63, 3.8) is 0 Å². The number of aliphatic hydroxyl groups is 1. The minimum absolute atomic E-state index is 0.389. The van der Waals surface area contributed by atoms with Crippen LogP contribution in [-0.2, 0) is 7.05 Å². The number of ether oxygens (including phenoxy) is 2.